The third-order valence-electron chi connectivity index (χ3n) is 5.01. The first kappa shape index (κ1) is 19.9. The minimum absolute atomic E-state index is 0.115. The van der Waals surface area contributed by atoms with Gasteiger partial charge in [0.25, 0.3) is 5.91 Å². The molecule has 0 N–H and O–H groups in total. The summed E-state index contributed by atoms with van der Waals surface area (Å²) < 4.78 is 10.6. The van der Waals surface area contributed by atoms with Gasteiger partial charge >= 0.3 is 5.97 Å². The molecule has 148 valence electrons. The fraction of sp³-hybridized carbons (Fsp3) is 0.391. The van der Waals surface area contributed by atoms with E-state index in [4.69, 9.17) is 9.47 Å². The fourth-order valence-corrected chi connectivity index (χ4v) is 3.41. The molecule has 0 atom stereocenters. The minimum Gasteiger partial charge on any atom is -0.493 e. The van der Waals surface area contributed by atoms with Crippen LogP contribution in [0.3, 0.4) is 0 Å². The highest BCUT2D eigenvalue weighted by Gasteiger charge is 2.23. The van der Waals surface area contributed by atoms with Crippen molar-refractivity contribution in [2.24, 2.45) is 5.92 Å². The first-order valence-corrected chi connectivity index (χ1v) is 9.86. The standard InChI is InChI=1S/C23H27NO4/c25-22(18-28-23(26)13-16-27-21-9-5-2-6-10-21)24-14-11-20(12-15-24)17-19-7-3-1-4-8-19/h1-10,20H,11-18H2. The maximum Gasteiger partial charge on any atom is 0.309 e. The number of carbonyl (C=O) groups excluding carboxylic acids is 2. The Morgan fingerprint density at radius 2 is 1.57 bits per heavy atom. The Morgan fingerprint density at radius 1 is 0.929 bits per heavy atom. The lowest BCUT2D eigenvalue weighted by Gasteiger charge is -2.32. The molecule has 1 aliphatic heterocycles. The van der Waals surface area contributed by atoms with Crippen LogP contribution in [-0.2, 0) is 20.7 Å². The van der Waals surface area contributed by atoms with Crippen LogP contribution in [0.1, 0.15) is 24.8 Å². The molecule has 0 aliphatic carbocycles. The van der Waals surface area contributed by atoms with Gasteiger partial charge in [0.15, 0.2) is 6.61 Å². The molecule has 3 rings (SSSR count). The van der Waals surface area contributed by atoms with Crippen molar-refractivity contribution in [3.8, 4) is 5.75 Å². The SMILES string of the molecule is O=C(CCOc1ccccc1)OCC(=O)N1CCC(Cc2ccccc2)CC1. The smallest absolute Gasteiger partial charge is 0.309 e. The Hall–Kier alpha value is -2.82. The van der Waals surface area contributed by atoms with E-state index in [1.807, 2.05) is 36.4 Å². The number of likely N-dealkylation sites (tertiary alicyclic amines) is 1. The number of benzene rings is 2. The number of esters is 1. The normalized spacial score (nSPS) is 14.5. The molecule has 0 radical (unpaired) electrons. The maximum absolute atomic E-state index is 12.3. The zero-order valence-electron chi connectivity index (χ0n) is 16.1. The number of carbonyl (C=O) groups is 2. The molecule has 1 amide bonds. The van der Waals surface area contributed by atoms with Crippen LogP contribution < -0.4 is 4.74 Å². The molecule has 1 saturated heterocycles. The van der Waals surface area contributed by atoms with Crippen molar-refractivity contribution in [1.82, 2.24) is 4.90 Å². The number of hydrogen-bond donors (Lipinski definition) is 0. The number of para-hydroxylation sites is 1. The minimum atomic E-state index is -0.414. The van der Waals surface area contributed by atoms with E-state index in [0.717, 1.165) is 32.4 Å². The Kier molecular flexibility index (Phi) is 7.47. The fourth-order valence-electron chi connectivity index (χ4n) is 3.41. The highest BCUT2D eigenvalue weighted by molar-refractivity contribution is 5.80. The van der Waals surface area contributed by atoms with Crippen molar-refractivity contribution < 1.29 is 19.1 Å². The number of rotatable bonds is 8. The Morgan fingerprint density at radius 3 is 2.25 bits per heavy atom. The number of amides is 1. The zero-order chi connectivity index (χ0) is 19.6. The van der Waals surface area contributed by atoms with Crippen LogP contribution in [0.25, 0.3) is 0 Å². The van der Waals surface area contributed by atoms with Gasteiger partial charge < -0.3 is 14.4 Å². The van der Waals surface area contributed by atoms with Gasteiger partial charge in [0.05, 0.1) is 13.0 Å². The van der Waals surface area contributed by atoms with Gasteiger partial charge in [-0.1, -0.05) is 48.5 Å². The maximum atomic E-state index is 12.3. The third-order valence-corrected chi connectivity index (χ3v) is 5.01. The molecule has 2 aromatic rings. The van der Waals surface area contributed by atoms with Gasteiger partial charge in [0.1, 0.15) is 5.75 Å². The van der Waals surface area contributed by atoms with Crippen molar-refractivity contribution in [2.45, 2.75) is 25.7 Å². The largest absolute Gasteiger partial charge is 0.493 e. The first-order valence-electron chi connectivity index (χ1n) is 9.86. The highest BCUT2D eigenvalue weighted by Crippen LogP contribution is 2.21. The van der Waals surface area contributed by atoms with E-state index >= 15 is 0 Å². The average molecular weight is 381 g/mol. The lowest BCUT2D eigenvalue weighted by Crippen LogP contribution is -2.41. The summed E-state index contributed by atoms with van der Waals surface area (Å²) >= 11 is 0. The Bertz CT molecular complexity index is 740. The van der Waals surface area contributed by atoms with Gasteiger partial charge in [-0.25, -0.2) is 0 Å². The predicted octanol–water partition coefficient (Wildman–Crippen LogP) is 3.48. The van der Waals surface area contributed by atoms with Crippen molar-refractivity contribution in [1.29, 1.82) is 0 Å². The van der Waals surface area contributed by atoms with E-state index in [9.17, 15) is 9.59 Å². The zero-order valence-corrected chi connectivity index (χ0v) is 16.1. The van der Waals surface area contributed by atoms with Gasteiger partial charge in [-0.2, -0.15) is 0 Å². The monoisotopic (exact) mass is 381 g/mol. The van der Waals surface area contributed by atoms with Crippen LogP contribution in [0.4, 0.5) is 0 Å². The van der Waals surface area contributed by atoms with Crippen LogP contribution in [0.15, 0.2) is 60.7 Å². The molecule has 1 aliphatic rings. The average Bonchev–Trinajstić information content (AvgIpc) is 2.74. The summed E-state index contributed by atoms with van der Waals surface area (Å²) in [4.78, 5) is 25.9. The molecule has 5 nitrogen and oxygen atoms in total. The van der Waals surface area contributed by atoms with Crippen LogP contribution in [0.5, 0.6) is 5.75 Å². The molecule has 1 heterocycles. The summed E-state index contributed by atoms with van der Waals surface area (Å²) in [5.41, 5.74) is 1.35. The molecular weight excluding hydrogens is 354 g/mol. The van der Waals surface area contributed by atoms with Crippen LogP contribution in [0.2, 0.25) is 0 Å². The topological polar surface area (TPSA) is 55.8 Å². The van der Waals surface area contributed by atoms with E-state index in [1.165, 1.54) is 5.56 Å². The molecular formula is C23H27NO4. The van der Waals surface area contributed by atoms with E-state index in [0.29, 0.717) is 11.7 Å². The van der Waals surface area contributed by atoms with Crippen LogP contribution in [-0.4, -0.2) is 43.1 Å². The predicted molar refractivity (Wildman–Crippen MR) is 107 cm³/mol. The molecule has 0 unspecified atom stereocenters. The highest BCUT2D eigenvalue weighted by atomic mass is 16.5. The number of nitrogens with zero attached hydrogens (tertiary/aromatic N) is 1. The molecule has 2 aromatic carbocycles. The Labute approximate surface area is 166 Å². The second kappa shape index (κ2) is 10.5. The van der Waals surface area contributed by atoms with Crippen molar-refractivity contribution in [3.05, 3.63) is 66.2 Å². The van der Waals surface area contributed by atoms with Gasteiger partial charge in [-0.15, -0.1) is 0 Å². The lowest BCUT2D eigenvalue weighted by atomic mass is 9.90. The van der Waals surface area contributed by atoms with Gasteiger partial charge in [-0.05, 0) is 42.9 Å². The number of ether oxygens (including phenoxy) is 2. The van der Waals surface area contributed by atoms with Gasteiger partial charge in [-0.3, -0.25) is 9.59 Å². The molecule has 0 saturated carbocycles. The summed E-state index contributed by atoms with van der Waals surface area (Å²) in [6.07, 6.45) is 3.15. The molecule has 28 heavy (non-hydrogen) atoms. The second-order valence-corrected chi connectivity index (χ2v) is 7.09. The van der Waals surface area contributed by atoms with Crippen molar-refractivity contribution >= 4 is 11.9 Å². The summed E-state index contributed by atoms with van der Waals surface area (Å²) in [7, 11) is 0. The molecule has 5 heteroatoms. The molecule has 0 bridgehead atoms. The van der Waals surface area contributed by atoms with E-state index < -0.39 is 5.97 Å². The summed E-state index contributed by atoms with van der Waals surface area (Å²) in [6, 6.07) is 19.8. The summed E-state index contributed by atoms with van der Waals surface area (Å²) in [5, 5.41) is 0. The summed E-state index contributed by atoms with van der Waals surface area (Å²) in [5.74, 6) is 0.785. The number of hydrogen-bond acceptors (Lipinski definition) is 4. The van der Waals surface area contributed by atoms with Crippen molar-refractivity contribution in [3.63, 3.8) is 0 Å². The lowest BCUT2D eigenvalue weighted by molar-refractivity contribution is -0.153. The van der Waals surface area contributed by atoms with Gasteiger partial charge in [0.2, 0.25) is 0 Å². The molecule has 0 aromatic heterocycles. The van der Waals surface area contributed by atoms with E-state index in [2.05, 4.69) is 24.3 Å². The molecule has 0 spiro atoms. The van der Waals surface area contributed by atoms with Gasteiger partial charge in [0, 0.05) is 13.1 Å². The Balaban J connectivity index is 1.30. The molecule has 1 fully saturated rings. The van der Waals surface area contributed by atoms with E-state index in [1.54, 1.807) is 4.90 Å². The second-order valence-electron chi connectivity index (χ2n) is 7.09. The quantitative estimate of drug-likeness (QED) is 0.657. The van der Waals surface area contributed by atoms with E-state index in [-0.39, 0.29) is 25.5 Å². The van der Waals surface area contributed by atoms with Crippen LogP contribution in [0, 0.1) is 5.92 Å². The van der Waals surface area contributed by atoms with Crippen molar-refractivity contribution in [2.75, 3.05) is 26.3 Å². The van der Waals surface area contributed by atoms with Crippen LogP contribution >= 0.6 is 0 Å². The summed E-state index contributed by atoms with van der Waals surface area (Å²) in [6.45, 7) is 1.51. The first-order chi connectivity index (χ1) is 13.7. The third kappa shape index (κ3) is 6.41. The number of piperidine rings is 1.